The lowest BCUT2D eigenvalue weighted by Crippen LogP contribution is -2.21. The van der Waals surface area contributed by atoms with E-state index in [0.717, 1.165) is 26.4 Å². The van der Waals surface area contributed by atoms with Crippen molar-refractivity contribution in [1.82, 2.24) is 9.97 Å². The van der Waals surface area contributed by atoms with Crippen molar-refractivity contribution in [2.24, 2.45) is 5.73 Å². The van der Waals surface area contributed by atoms with Gasteiger partial charge in [0.05, 0.1) is 17.8 Å². The summed E-state index contributed by atoms with van der Waals surface area (Å²) in [7, 11) is 0. The predicted molar refractivity (Wildman–Crippen MR) is 153 cm³/mol. The highest BCUT2D eigenvalue weighted by molar-refractivity contribution is 7.17. The molecule has 0 aromatic carbocycles. The monoisotopic (exact) mass is 633 g/mol. The third-order valence-corrected chi connectivity index (χ3v) is 7.64. The third kappa shape index (κ3) is 12.1. The van der Waals surface area contributed by atoms with Gasteiger partial charge in [-0.05, 0) is 49.2 Å². The number of rotatable bonds is 6. The Labute approximate surface area is 246 Å². The number of hydrogen-bond donors (Lipinski definition) is 2. The molecule has 0 atom stereocenters. The van der Waals surface area contributed by atoms with E-state index in [4.69, 9.17) is 5.11 Å². The SMILES string of the molecule is C.Cc1cc(-c2cccnc2)sc1C(=O)CCC(F)(F)F.Cc1cc(-c2cccnc2)sc1C(=O)O.NCC(F)(F)F. The second-order valence-electron chi connectivity index (χ2n) is 8.39. The van der Waals surface area contributed by atoms with Crippen LogP contribution in [0.2, 0.25) is 0 Å². The standard InChI is InChI=1S/C14H12F3NOS.C11H9NO2S.C2H4F3N.CH4/c1-9-7-12(10-3-2-6-18-8-10)20-13(9)11(19)4-5-14(15,16)17;1-7-5-9(15-10(7)11(13)14)8-3-2-4-12-6-8;3-2(4,5)1-6;/h2-3,6-8H,4-5H2,1H3;2-6H,1H3,(H,13,14);1,6H2;1H4. The first-order valence-electron chi connectivity index (χ1n) is 11.7. The number of carbonyl (C=O) groups is 2. The Morgan fingerprint density at radius 3 is 1.60 bits per heavy atom. The number of ketones is 1. The van der Waals surface area contributed by atoms with E-state index in [0.29, 0.717) is 15.3 Å². The number of carboxylic acid groups (broad SMARTS) is 1. The van der Waals surface area contributed by atoms with Crippen LogP contribution in [-0.2, 0) is 0 Å². The first-order valence-corrected chi connectivity index (χ1v) is 13.4. The lowest BCUT2D eigenvalue weighted by Gasteiger charge is -2.04. The number of halogens is 6. The summed E-state index contributed by atoms with van der Waals surface area (Å²) in [6.07, 6.45) is -3.33. The smallest absolute Gasteiger partial charge is 0.400 e. The quantitative estimate of drug-likeness (QED) is 0.163. The van der Waals surface area contributed by atoms with Gasteiger partial charge in [0, 0.05) is 52.1 Å². The number of Topliss-reactive ketones (excluding diaryl/α,β-unsaturated/α-hetero) is 1. The molecule has 14 heteroatoms. The van der Waals surface area contributed by atoms with Gasteiger partial charge < -0.3 is 10.8 Å². The average Bonchev–Trinajstić information content (AvgIpc) is 3.51. The molecule has 4 aromatic rings. The molecule has 3 N–H and O–H groups in total. The van der Waals surface area contributed by atoms with Gasteiger partial charge in [-0.2, -0.15) is 26.3 Å². The number of thiophene rings is 2. The number of aromatic carboxylic acids is 1. The number of nitrogens with two attached hydrogens (primary N) is 1. The molecule has 228 valence electrons. The molecule has 4 rings (SSSR count). The summed E-state index contributed by atoms with van der Waals surface area (Å²) in [6, 6.07) is 11.1. The molecule has 0 aliphatic carbocycles. The van der Waals surface area contributed by atoms with Crippen molar-refractivity contribution in [3.05, 3.63) is 82.1 Å². The molecule has 0 radical (unpaired) electrons. The van der Waals surface area contributed by atoms with Crippen molar-refractivity contribution in [2.45, 2.75) is 46.5 Å². The highest BCUT2D eigenvalue weighted by atomic mass is 32.1. The molecule has 0 spiro atoms. The number of aromatic nitrogens is 2. The summed E-state index contributed by atoms with van der Waals surface area (Å²) >= 11 is 2.50. The number of hydrogen-bond acceptors (Lipinski definition) is 7. The van der Waals surface area contributed by atoms with E-state index in [2.05, 4.69) is 15.7 Å². The maximum atomic E-state index is 12.1. The normalized spacial score (nSPS) is 10.9. The van der Waals surface area contributed by atoms with E-state index in [9.17, 15) is 35.9 Å². The lowest BCUT2D eigenvalue weighted by molar-refractivity contribution is -0.133. The minimum atomic E-state index is -4.30. The number of nitrogens with zero attached hydrogens (tertiary/aromatic N) is 2. The summed E-state index contributed by atoms with van der Waals surface area (Å²) in [5.41, 5.74) is 7.50. The molecule has 6 nitrogen and oxygen atoms in total. The van der Waals surface area contributed by atoms with Gasteiger partial charge in [0.1, 0.15) is 4.88 Å². The van der Waals surface area contributed by atoms with Crippen LogP contribution in [0.1, 0.15) is 50.7 Å². The molecule has 4 heterocycles. The Hall–Kier alpha value is -3.62. The Kier molecular flexibility index (Phi) is 14.0. The minimum Gasteiger partial charge on any atom is -0.477 e. The van der Waals surface area contributed by atoms with Crippen molar-refractivity contribution in [1.29, 1.82) is 0 Å². The molecule has 0 saturated heterocycles. The van der Waals surface area contributed by atoms with Gasteiger partial charge in [-0.1, -0.05) is 19.6 Å². The van der Waals surface area contributed by atoms with Gasteiger partial charge >= 0.3 is 18.3 Å². The molecule has 0 aliphatic heterocycles. The van der Waals surface area contributed by atoms with Crippen LogP contribution in [0.15, 0.2) is 61.2 Å². The highest BCUT2D eigenvalue weighted by Crippen LogP contribution is 2.33. The fraction of sp³-hybridized carbons (Fsp3) is 0.286. The van der Waals surface area contributed by atoms with Crippen molar-refractivity contribution in [3.8, 4) is 20.9 Å². The Bertz CT molecular complexity index is 1420. The minimum absolute atomic E-state index is 0. The molecule has 0 bridgehead atoms. The Balaban J connectivity index is 0.000000354. The number of carboxylic acids is 1. The summed E-state index contributed by atoms with van der Waals surface area (Å²) in [5.74, 6) is -1.33. The Morgan fingerprint density at radius 2 is 1.26 bits per heavy atom. The average molecular weight is 634 g/mol. The van der Waals surface area contributed by atoms with Crippen LogP contribution < -0.4 is 5.73 Å². The van der Waals surface area contributed by atoms with Crippen molar-refractivity contribution in [3.63, 3.8) is 0 Å². The first-order chi connectivity index (χ1) is 19.1. The maximum absolute atomic E-state index is 12.1. The van der Waals surface area contributed by atoms with E-state index in [-0.39, 0.29) is 7.43 Å². The zero-order valence-corrected chi connectivity index (χ0v) is 23.3. The predicted octanol–water partition coefficient (Wildman–Crippen LogP) is 8.60. The lowest BCUT2D eigenvalue weighted by atomic mass is 10.1. The molecule has 42 heavy (non-hydrogen) atoms. The molecular weight excluding hydrogens is 604 g/mol. The molecule has 0 aliphatic rings. The van der Waals surface area contributed by atoms with E-state index in [1.807, 2.05) is 30.3 Å². The molecule has 4 aromatic heterocycles. The maximum Gasteiger partial charge on any atom is 0.400 e. The summed E-state index contributed by atoms with van der Waals surface area (Å²) in [6.45, 7) is 2.31. The molecule has 0 saturated carbocycles. The number of alkyl halides is 6. The van der Waals surface area contributed by atoms with E-state index in [1.54, 1.807) is 44.7 Å². The van der Waals surface area contributed by atoms with Crippen LogP contribution in [0, 0.1) is 13.8 Å². The van der Waals surface area contributed by atoms with Crippen LogP contribution in [0.3, 0.4) is 0 Å². The topological polar surface area (TPSA) is 106 Å². The van der Waals surface area contributed by atoms with E-state index in [1.165, 1.54) is 22.7 Å². The largest absolute Gasteiger partial charge is 0.477 e. The summed E-state index contributed by atoms with van der Waals surface area (Å²) in [4.78, 5) is 33.3. The molecular formula is C28H29F6N3O3S2. The molecule has 0 amide bonds. The van der Waals surface area contributed by atoms with Crippen LogP contribution >= 0.6 is 22.7 Å². The van der Waals surface area contributed by atoms with E-state index >= 15 is 0 Å². The second-order valence-corrected chi connectivity index (χ2v) is 10.5. The van der Waals surface area contributed by atoms with Gasteiger partial charge in [0.2, 0.25) is 0 Å². The highest BCUT2D eigenvalue weighted by Gasteiger charge is 2.29. The molecule has 0 fully saturated rings. The van der Waals surface area contributed by atoms with E-state index < -0.39 is 43.5 Å². The van der Waals surface area contributed by atoms with Crippen molar-refractivity contribution >= 4 is 34.4 Å². The van der Waals surface area contributed by atoms with Gasteiger partial charge in [0.25, 0.3) is 0 Å². The number of pyridine rings is 2. The summed E-state index contributed by atoms with van der Waals surface area (Å²) < 4.78 is 68.4. The fourth-order valence-corrected chi connectivity index (χ4v) is 5.26. The van der Waals surface area contributed by atoms with Gasteiger partial charge in [-0.3, -0.25) is 14.8 Å². The fourth-order valence-electron chi connectivity index (χ4n) is 3.12. The van der Waals surface area contributed by atoms with Gasteiger partial charge in [-0.15, -0.1) is 22.7 Å². The first kappa shape index (κ1) is 36.4. The summed E-state index contributed by atoms with van der Waals surface area (Å²) in [5, 5.41) is 8.92. The Morgan fingerprint density at radius 1 is 0.833 bits per heavy atom. The van der Waals surface area contributed by atoms with Gasteiger partial charge in [-0.25, -0.2) is 4.79 Å². The van der Waals surface area contributed by atoms with Crippen LogP contribution in [0.4, 0.5) is 26.3 Å². The van der Waals surface area contributed by atoms with Crippen LogP contribution in [-0.4, -0.2) is 45.7 Å². The zero-order chi connectivity index (χ0) is 30.8. The third-order valence-electron chi connectivity index (χ3n) is 5.04. The van der Waals surface area contributed by atoms with Crippen molar-refractivity contribution < 1.29 is 41.0 Å². The number of aryl methyl sites for hydroxylation is 2. The second kappa shape index (κ2) is 16.1. The van der Waals surface area contributed by atoms with Gasteiger partial charge in [0.15, 0.2) is 5.78 Å². The number of carbonyl (C=O) groups excluding carboxylic acids is 1. The molecule has 0 unspecified atom stereocenters. The zero-order valence-electron chi connectivity index (χ0n) is 21.7. The van der Waals surface area contributed by atoms with Crippen molar-refractivity contribution in [2.75, 3.05) is 6.54 Å². The van der Waals surface area contributed by atoms with Crippen LogP contribution in [0.25, 0.3) is 20.9 Å². The van der Waals surface area contributed by atoms with Crippen LogP contribution in [0.5, 0.6) is 0 Å².